The van der Waals surface area contributed by atoms with Crippen molar-refractivity contribution in [1.29, 1.82) is 0 Å². The Morgan fingerprint density at radius 3 is 1.23 bits per heavy atom. The molecule has 4 amide bonds. The average molecular weight is 1550 g/mol. The van der Waals surface area contributed by atoms with Gasteiger partial charge in [-0.25, -0.2) is 9.59 Å². The number of aliphatic hydroxyl groups excluding tert-OH is 1. The number of carbonyl (C=O) groups is 8. The topological polar surface area (TPSA) is 275 Å². The molecule has 0 bridgehead atoms. The third-order valence-electron chi connectivity index (χ3n) is 34.8. The summed E-state index contributed by atoms with van der Waals surface area (Å²) in [6.07, 6.45) is 31.3. The second kappa shape index (κ2) is 34.8. The number of hydrogen-bond acceptors (Lipinski definition) is 10. The summed E-state index contributed by atoms with van der Waals surface area (Å²) in [5.41, 5.74) is 1.34. The van der Waals surface area contributed by atoms with E-state index in [9.17, 15) is 58.8 Å². The molecule has 22 atom stereocenters. The zero-order chi connectivity index (χ0) is 82.2. The van der Waals surface area contributed by atoms with Crippen LogP contribution in [0.1, 0.15) is 349 Å². The van der Waals surface area contributed by atoms with Crippen molar-refractivity contribution >= 4 is 47.5 Å². The van der Waals surface area contributed by atoms with Crippen molar-refractivity contribution < 1.29 is 63.5 Å². The number of aliphatic hydroxyl groups is 1. The quantitative estimate of drug-likeness (QED) is 0.0177. The highest BCUT2D eigenvalue weighted by molar-refractivity contribution is 5.86. The Kier molecular flexibility index (Phi) is 28.2. The first kappa shape index (κ1) is 90.1. The summed E-state index contributed by atoms with van der Waals surface area (Å²) in [5, 5.41) is 51.8. The van der Waals surface area contributed by atoms with Crippen molar-refractivity contribution in [3.05, 3.63) is 24.3 Å². The molecule has 8 N–H and O–H groups in total. The van der Waals surface area contributed by atoms with E-state index in [0.29, 0.717) is 92.0 Å². The second-order valence-corrected chi connectivity index (χ2v) is 43.0. The van der Waals surface area contributed by atoms with Crippen molar-refractivity contribution in [1.82, 2.24) is 21.3 Å². The molecular weight excluding hydrogens is 1390 g/mol. The molecule has 0 saturated heterocycles. The number of fused-ring (bicyclic) bond motifs is 14. The molecule has 10 aliphatic carbocycles. The smallest absolute Gasteiger partial charge is 0.326 e. The lowest BCUT2D eigenvalue weighted by molar-refractivity contribution is -0.249. The van der Waals surface area contributed by atoms with Crippen LogP contribution in [-0.2, 0) is 43.1 Å². The normalized spacial score (nSPS) is 38.0. The third-order valence-corrected chi connectivity index (χ3v) is 34.8. The molecule has 0 aromatic carbocycles. The van der Waals surface area contributed by atoms with Gasteiger partial charge in [0.1, 0.15) is 18.2 Å². The van der Waals surface area contributed by atoms with Crippen LogP contribution in [0.25, 0.3) is 0 Å². The van der Waals surface area contributed by atoms with Crippen LogP contribution >= 0.6 is 0 Å². The molecule has 0 aromatic rings. The predicted molar refractivity (Wildman–Crippen MR) is 439 cm³/mol. The van der Waals surface area contributed by atoms with E-state index in [-0.39, 0.29) is 114 Å². The minimum Gasteiger partial charge on any atom is -0.481 e. The fourth-order valence-electron chi connectivity index (χ4n) is 28.4. The van der Waals surface area contributed by atoms with Gasteiger partial charge in [-0.15, -0.1) is 0 Å². The molecule has 10 rings (SSSR count). The lowest BCUT2D eigenvalue weighted by Crippen LogP contribution is -2.67. The average Bonchev–Trinajstić information content (AvgIpc) is 1.65. The summed E-state index contributed by atoms with van der Waals surface area (Å²) in [4.78, 5) is 102. The van der Waals surface area contributed by atoms with Gasteiger partial charge >= 0.3 is 23.9 Å². The number of esters is 1. The Morgan fingerprint density at radius 1 is 0.450 bits per heavy atom. The van der Waals surface area contributed by atoms with E-state index in [1.54, 1.807) is 13.8 Å². The number of hydrogen-bond donors (Lipinski definition) is 8. The van der Waals surface area contributed by atoms with E-state index in [1.807, 2.05) is 27.7 Å². The van der Waals surface area contributed by atoms with Gasteiger partial charge in [0.05, 0.1) is 28.8 Å². The zero-order valence-corrected chi connectivity index (χ0v) is 72.8. The Labute approximate surface area is 670 Å². The van der Waals surface area contributed by atoms with E-state index in [0.717, 1.165) is 167 Å². The Bertz CT molecular complexity index is 3380. The van der Waals surface area contributed by atoms with E-state index < -0.39 is 41.4 Å². The van der Waals surface area contributed by atoms with Crippen molar-refractivity contribution in [2.45, 2.75) is 374 Å². The first-order valence-corrected chi connectivity index (χ1v) is 44.7. The van der Waals surface area contributed by atoms with Crippen LogP contribution in [0.3, 0.4) is 0 Å². The van der Waals surface area contributed by atoms with Crippen LogP contribution in [0.2, 0.25) is 0 Å². The molecule has 6 unspecified atom stereocenters. The highest BCUT2D eigenvalue weighted by atomic mass is 16.5. The first-order valence-electron chi connectivity index (χ1n) is 44.7. The highest BCUT2D eigenvalue weighted by Gasteiger charge is 2.74. The second-order valence-electron chi connectivity index (χ2n) is 43.0. The van der Waals surface area contributed by atoms with Crippen LogP contribution in [0.15, 0.2) is 24.3 Å². The molecule has 0 heterocycles. The molecule has 17 heteroatoms. The van der Waals surface area contributed by atoms with Crippen molar-refractivity contribution in [2.24, 2.45) is 131 Å². The molecule has 0 radical (unpaired) electrons. The number of aliphatic carboxylic acids is 3. The molecule has 0 aliphatic heterocycles. The van der Waals surface area contributed by atoms with E-state index in [4.69, 9.17) is 4.74 Å². The fourth-order valence-corrected chi connectivity index (χ4v) is 28.4. The lowest BCUT2D eigenvalue weighted by atomic mass is 9.32. The van der Waals surface area contributed by atoms with Gasteiger partial charge in [0.15, 0.2) is 0 Å². The van der Waals surface area contributed by atoms with Gasteiger partial charge in [0.25, 0.3) is 0 Å². The van der Waals surface area contributed by atoms with E-state index >= 15 is 0 Å². The van der Waals surface area contributed by atoms with Crippen molar-refractivity contribution in [3.63, 3.8) is 0 Å². The number of carboxylic acids is 3. The SMILES string of the molecule is C=C(C)C1CC[C@]2(C(=O)NCCCCCCCC(=O)NC(CC(C)C)C(=O)O)CC[C@]3(C)[C@H](CCC4[C@@]5(C)CC[C@H](O)C(C)(C)[C@@H]5CC[C@]43C)[C@@H]12.C=C(C)C1CC[C@]2(C(=O)NCCCCCCCC(=O)NC(CC(C)C)C(=O)O)CC[C@]3(C)[C@H](CCC4[C@@]5(C)CC[C@H](OC(=O)CC(C)(C)C(=O)O)C(C)(C)[C@@H]5CC[C@]43C)[C@@H]12. The van der Waals surface area contributed by atoms with Crippen LogP contribution in [-0.4, -0.2) is 105 Å². The molecule has 0 aromatic heterocycles. The van der Waals surface area contributed by atoms with Gasteiger partial charge in [-0.2, -0.15) is 0 Å². The van der Waals surface area contributed by atoms with E-state index in [2.05, 4.69) is 118 Å². The largest absolute Gasteiger partial charge is 0.481 e. The van der Waals surface area contributed by atoms with Gasteiger partial charge in [-0.3, -0.25) is 28.8 Å². The molecule has 0 spiro atoms. The van der Waals surface area contributed by atoms with Crippen molar-refractivity contribution in [2.75, 3.05) is 13.1 Å². The number of rotatable bonds is 32. The standard InChI is InChI=1S/C50H82N2O8.C44H74N2O5/c1-31(2)29-35(42(55)56)52-39(53)17-15-13-12-14-16-28-51-43(57)50-25-20-33(32(3)4)41(50)34-18-19-37-47(9)23-22-38(60-40(54)30-45(5,6)44(58)59)46(7,8)36(47)21-24-49(37,11)48(34,10)26-27-50;1-28(2)27-32(38(49)50)46-36(48)15-13-11-10-12-14-26-45-39(51)44-23-18-30(29(3)4)37(44)31-16-17-34-41(7)21-20-35(47)40(5,6)33(41)19-22-43(34,9)42(31,8)24-25-44/h31,33-38,41H,3,12-30H2,1-2,4-11H3,(H,51,57)(H,52,53)(H,55,56)(H,58,59);28,30-35,37,47H,3,10-27H2,1-2,4-9H3,(H,45,51)(H,46,48)(H,49,50)/t33?,34-,35?,36+,37?,38+,41-,47+,48-,49-,50+;30?,31-,32?,33+,34?,35+,37-,41+,42-,43-,44+/m11/s1. The molecule has 10 aliphatic rings. The van der Waals surface area contributed by atoms with Gasteiger partial charge < -0.3 is 46.4 Å². The first-order chi connectivity index (χ1) is 51.7. The Hall–Kier alpha value is -4.80. The van der Waals surface area contributed by atoms with Gasteiger partial charge in [-0.05, 0) is 304 Å². The number of ether oxygens (including phenoxy) is 1. The Balaban J connectivity index is 0.000000258. The maximum atomic E-state index is 14.6. The summed E-state index contributed by atoms with van der Waals surface area (Å²) >= 11 is 0. The fraction of sp³-hybridized carbons (Fsp3) is 0.872. The van der Waals surface area contributed by atoms with Crippen LogP contribution in [0.5, 0.6) is 0 Å². The number of carboxylic acid groups (broad SMARTS) is 3. The predicted octanol–water partition coefficient (Wildman–Crippen LogP) is 19.2. The Morgan fingerprint density at radius 2 is 0.838 bits per heavy atom. The third kappa shape index (κ3) is 17.3. The molecule has 111 heavy (non-hydrogen) atoms. The number of unbranched alkanes of at least 4 members (excludes halogenated alkanes) is 8. The minimum absolute atomic E-state index is 0.0423. The van der Waals surface area contributed by atoms with Crippen molar-refractivity contribution in [3.8, 4) is 0 Å². The summed E-state index contributed by atoms with van der Waals surface area (Å²) in [6.45, 7) is 50.6. The number of carbonyl (C=O) groups excluding carboxylic acids is 5. The van der Waals surface area contributed by atoms with E-state index in [1.165, 1.54) is 36.8 Å². The van der Waals surface area contributed by atoms with Gasteiger partial charge in [0, 0.05) is 31.3 Å². The molecule has 17 nitrogen and oxygen atoms in total. The maximum Gasteiger partial charge on any atom is 0.326 e. The highest BCUT2D eigenvalue weighted by Crippen LogP contribution is 2.80. The number of allylic oxidation sites excluding steroid dienone is 2. The summed E-state index contributed by atoms with van der Waals surface area (Å²) in [6, 6.07) is -1.65. The van der Waals surface area contributed by atoms with Gasteiger partial charge in [-0.1, -0.05) is 160 Å². The summed E-state index contributed by atoms with van der Waals surface area (Å²) in [7, 11) is 0. The number of amides is 4. The van der Waals surface area contributed by atoms with Crippen LogP contribution in [0.4, 0.5) is 0 Å². The maximum absolute atomic E-state index is 14.6. The molecule has 10 fully saturated rings. The van der Waals surface area contributed by atoms with Gasteiger partial charge in [0.2, 0.25) is 23.6 Å². The molecule has 630 valence electrons. The zero-order valence-electron chi connectivity index (χ0n) is 72.8. The molecule has 10 saturated carbocycles. The van der Waals surface area contributed by atoms with Crippen LogP contribution in [0, 0.1) is 131 Å². The summed E-state index contributed by atoms with van der Waals surface area (Å²) < 4.78 is 6.18. The number of nitrogens with one attached hydrogen (secondary N) is 4. The molecular formula is C94H156N4O13. The summed E-state index contributed by atoms with van der Waals surface area (Å²) in [5.74, 6) is 1.67. The monoisotopic (exact) mass is 1550 g/mol. The minimum atomic E-state index is -1.17. The lowest BCUT2D eigenvalue weighted by Gasteiger charge is -2.72. The van der Waals surface area contributed by atoms with Crippen LogP contribution < -0.4 is 21.3 Å².